The Morgan fingerprint density at radius 1 is 0.794 bits per heavy atom. The highest BCUT2D eigenvalue weighted by Crippen LogP contribution is 2.27. The largest absolute Gasteiger partial charge is 0.459 e. The van der Waals surface area contributed by atoms with Gasteiger partial charge in [0.05, 0.1) is 6.26 Å². The van der Waals surface area contributed by atoms with Crippen LogP contribution in [0.3, 0.4) is 0 Å². The van der Waals surface area contributed by atoms with Crippen LogP contribution in [0.2, 0.25) is 0 Å². The lowest BCUT2D eigenvalue weighted by atomic mass is 9.97. The van der Waals surface area contributed by atoms with Gasteiger partial charge in [-0.2, -0.15) is 0 Å². The van der Waals surface area contributed by atoms with Gasteiger partial charge in [0.1, 0.15) is 0 Å². The molecule has 5 rings (SSSR count). The molecular weight excluding hydrogens is 426 g/mol. The molecule has 0 aliphatic rings. The van der Waals surface area contributed by atoms with Gasteiger partial charge in [0.25, 0.3) is 11.8 Å². The summed E-state index contributed by atoms with van der Waals surface area (Å²) in [5, 5.41) is 10.4. The van der Waals surface area contributed by atoms with Crippen molar-refractivity contribution in [1.82, 2.24) is 10.2 Å². The topological polar surface area (TPSA) is 81.2 Å². The molecule has 0 spiro atoms. The fourth-order valence-electron chi connectivity index (χ4n) is 3.70. The van der Waals surface area contributed by atoms with Gasteiger partial charge in [-0.25, -0.2) is 0 Å². The lowest BCUT2D eigenvalue weighted by Crippen LogP contribution is -2.12. The Morgan fingerprint density at radius 2 is 1.47 bits per heavy atom. The Balaban J connectivity index is 1.31. The maximum atomic E-state index is 12.7. The van der Waals surface area contributed by atoms with Gasteiger partial charge < -0.3 is 8.83 Å². The SMILES string of the molecule is CC(C)c1ccc(-c2ccc(-c3cccc(C(=O)Nc4nnc(-c5ccco5)o4)c3)cc2)cc1. The zero-order valence-electron chi connectivity index (χ0n) is 18.9. The van der Waals surface area contributed by atoms with Gasteiger partial charge in [-0.3, -0.25) is 10.1 Å². The third-order valence-electron chi connectivity index (χ3n) is 5.63. The van der Waals surface area contributed by atoms with Crippen LogP contribution in [0, 0.1) is 0 Å². The molecule has 0 radical (unpaired) electrons. The molecule has 0 saturated heterocycles. The number of amides is 1. The van der Waals surface area contributed by atoms with Crippen molar-refractivity contribution < 1.29 is 13.6 Å². The van der Waals surface area contributed by atoms with Crippen LogP contribution in [-0.4, -0.2) is 16.1 Å². The predicted octanol–water partition coefficient (Wildman–Crippen LogP) is 7.04. The Hall–Kier alpha value is -4.45. The first kappa shape index (κ1) is 21.4. The summed E-state index contributed by atoms with van der Waals surface area (Å²) in [6.45, 7) is 4.39. The van der Waals surface area contributed by atoms with E-state index in [0.717, 1.165) is 16.7 Å². The smallest absolute Gasteiger partial charge is 0.322 e. The van der Waals surface area contributed by atoms with Crippen molar-refractivity contribution in [3.63, 3.8) is 0 Å². The number of hydrogen-bond acceptors (Lipinski definition) is 5. The zero-order chi connectivity index (χ0) is 23.5. The minimum Gasteiger partial charge on any atom is -0.459 e. The number of furan rings is 1. The maximum absolute atomic E-state index is 12.7. The molecular formula is C28H23N3O3. The van der Waals surface area contributed by atoms with Crippen LogP contribution in [0.15, 0.2) is 100 Å². The summed E-state index contributed by atoms with van der Waals surface area (Å²) in [5.41, 5.74) is 6.11. The van der Waals surface area contributed by atoms with Gasteiger partial charge in [0.2, 0.25) is 0 Å². The highest BCUT2D eigenvalue weighted by atomic mass is 16.4. The van der Waals surface area contributed by atoms with Crippen molar-refractivity contribution in [2.24, 2.45) is 0 Å². The second-order valence-corrected chi connectivity index (χ2v) is 8.28. The first-order valence-corrected chi connectivity index (χ1v) is 11.1. The number of hydrogen-bond donors (Lipinski definition) is 1. The molecule has 0 aliphatic heterocycles. The van der Waals surface area contributed by atoms with E-state index in [2.05, 4.69) is 77.9 Å². The van der Waals surface area contributed by atoms with Crippen LogP contribution in [0.4, 0.5) is 6.01 Å². The van der Waals surface area contributed by atoms with Gasteiger partial charge in [0, 0.05) is 5.56 Å². The molecule has 1 amide bonds. The summed E-state index contributed by atoms with van der Waals surface area (Å²) >= 11 is 0. The second-order valence-electron chi connectivity index (χ2n) is 8.28. The molecule has 34 heavy (non-hydrogen) atoms. The number of carbonyl (C=O) groups is 1. The van der Waals surface area contributed by atoms with Crippen LogP contribution in [0.5, 0.6) is 0 Å². The average molecular weight is 450 g/mol. The number of rotatable bonds is 6. The molecule has 0 bridgehead atoms. The molecule has 1 N–H and O–H groups in total. The summed E-state index contributed by atoms with van der Waals surface area (Å²) < 4.78 is 10.7. The van der Waals surface area contributed by atoms with Crippen LogP contribution in [0.25, 0.3) is 33.9 Å². The van der Waals surface area contributed by atoms with Crippen molar-refractivity contribution in [1.29, 1.82) is 0 Å². The summed E-state index contributed by atoms with van der Waals surface area (Å²) in [6.07, 6.45) is 1.51. The molecule has 0 saturated carbocycles. The molecule has 6 heteroatoms. The summed E-state index contributed by atoms with van der Waals surface area (Å²) in [4.78, 5) is 12.7. The normalized spacial score (nSPS) is 11.0. The van der Waals surface area contributed by atoms with Gasteiger partial charge in [-0.15, -0.1) is 5.10 Å². The van der Waals surface area contributed by atoms with E-state index in [9.17, 15) is 4.79 Å². The van der Waals surface area contributed by atoms with Crippen molar-refractivity contribution in [3.05, 3.63) is 102 Å². The molecule has 2 heterocycles. The van der Waals surface area contributed by atoms with E-state index in [-0.39, 0.29) is 17.8 Å². The number of anilines is 1. The van der Waals surface area contributed by atoms with Crippen LogP contribution in [0.1, 0.15) is 35.7 Å². The van der Waals surface area contributed by atoms with E-state index in [4.69, 9.17) is 8.83 Å². The molecule has 0 fully saturated rings. The molecule has 0 unspecified atom stereocenters. The quantitative estimate of drug-likeness (QED) is 0.301. The van der Waals surface area contributed by atoms with Crippen molar-refractivity contribution in [2.45, 2.75) is 19.8 Å². The lowest BCUT2D eigenvalue weighted by Gasteiger charge is -2.09. The zero-order valence-corrected chi connectivity index (χ0v) is 18.9. The maximum Gasteiger partial charge on any atom is 0.322 e. The number of nitrogens with zero attached hydrogens (tertiary/aromatic N) is 2. The monoisotopic (exact) mass is 449 g/mol. The number of aromatic nitrogens is 2. The van der Waals surface area contributed by atoms with E-state index in [0.29, 0.717) is 17.2 Å². The third-order valence-corrected chi connectivity index (χ3v) is 5.63. The summed E-state index contributed by atoms with van der Waals surface area (Å²) in [6, 6.07) is 27.8. The second kappa shape index (κ2) is 9.19. The molecule has 3 aromatic carbocycles. The standard InChI is InChI=1S/C28H23N3O3/c1-18(2)19-8-10-20(11-9-19)21-12-14-22(15-13-21)23-5-3-6-24(17-23)26(32)29-28-31-30-27(34-28)25-7-4-16-33-25/h3-18H,1-2H3,(H,29,31,32). The van der Waals surface area contributed by atoms with E-state index in [1.165, 1.54) is 17.4 Å². The molecule has 5 aromatic rings. The van der Waals surface area contributed by atoms with Crippen molar-refractivity contribution in [3.8, 4) is 33.9 Å². The fraction of sp³-hybridized carbons (Fsp3) is 0.107. The van der Waals surface area contributed by atoms with E-state index < -0.39 is 0 Å². The Kier molecular flexibility index (Phi) is 5.79. The highest BCUT2D eigenvalue weighted by Gasteiger charge is 2.15. The predicted molar refractivity (Wildman–Crippen MR) is 131 cm³/mol. The molecule has 0 aliphatic carbocycles. The minimum atomic E-state index is -0.335. The van der Waals surface area contributed by atoms with Gasteiger partial charge >= 0.3 is 6.01 Å². The Labute approximate surface area is 197 Å². The van der Waals surface area contributed by atoms with E-state index >= 15 is 0 Å². The molecule has 2 aromatic heterocycles. The summed E-state index contributed by atoms with van der Waals surface area (Å²) in [7, 11) is 0. The van der Waals surface area contributed by atoms with E-state index in [1.807, 2.05) is 18.2 Å². The average Bonchev–Trinajstić information content (AvgIpc) is 3.57. The van der Waals surface area contributed by atoms with Gasteiger partial charge in [-0.05, 0) is 58.0 Å². The molecule has 168 valence electrons. The minimum absolute atomic E-state index is 0.00893. The van der Waals surface area contributed by atoms with Crippen LogP contribution < -0.4 is 5.32 Å². The number of benzene rings is 3. The van der Waals surface area contributed by atoms with Crippen molar-refractivity contribution in [2.75, 3.05) is 5.32 Å². The third kappa shape index (κ3) is 4.52. The van der Waals surface area contributed by atoms with Crippen LogP contribution in [-0.2, 0) is 0 Å². The first-order chi connectivity index (χ1) is 16.6. The Bertz CT molecular complexity index is 1400. The van der Waals surface area contributed by atoms with Crippen LogP contribution >= 0.6 is 0 Å². The van der Waals surface area contributed by atoms with Gasteiger partial charge in [-0.1, -0.05) is 79.6 Å². The van der Waals surface area contributed by atoms with Gasteiger partial charge in [0.15, 0.2) is 5.76 Å². The number of nitrogens with one attached hydrogen (secondary N) is 1. The first-order valence-electron chi connectivity index (χ1n) is 11.1. The molecule has 0 atom stereocenters. The van der Waals surface area contributed by atoms with E-state index in [1.54, 1.807) is 18.2 Å². The fourth-order valence-corrected chi connectivity index (χ4v) is 3.70. The highest BCUT2D eigenvalue weighted by molar-refractivity contribution is 6.03. The number of carbonyl (C=O) groups excluding carboxylic acids is 1. The Morgan fingerprint density at radius 3 is 2.12 bits per heavy atom. The molecule has 6 nitrogen and oxygen atoms in total. The lowest BCUT2D eigenvalue weighted by molar-refractivity contribution is 0.102. The van der Waals surface area contributed by atoms with Crippen molar-refractivity contribution >= 4 is 11.9 Å². The summed E-state index contributed by atoms with van der Waals surface area (Å²) in [5.74, 6) is 0.819.